The summed E-state index contributed by atoms with van der Waals surface area (Å²) in [5.74, 6) is -0.792. The van der Waals surface area contributed by atoms with Crippen LogP contribution in [0.4, 0.5) is 0 Å². The van der Waals surface area contributed by atoms with Crippen molar-refractivity contribution in [3.8, 4) is 10.6 Å². The second-order valence-electron chi connectivity index (χ2n) is 7.36. The lowest BCUT2D eigenvalue weighted by Gasteiger charge is -2.08. The number of hydrogen-bond acceptors (Lipinski definition) is 4. The quantitative estimate of drug-likeness (QED) is 0.636. The van der Waals surface area contributed by atoms with E-state index in [1.54, 1.807) is 11.3 Å². The molecule has 0 aromatic carbocycles. The molecule has 0 aliphatic carbocycles. The summed E-state index contributed by atoms with van der Waals surface area (Å²) in [6.07, 6.45) is 6.75. The van der Waals surface area contributed by atoms with E-state index in [-0.39, 0.29) is 6.42 Å². The molecule has 2 aromatic heterocycles. The second kappa shape index (κ2) is 9.17. The molecule has 0 atom stereocenters. The Morgan fingerprint density at radius 3 is 2.86 bits per heavy atom. The number of allylic oxidation sites excluding steroid dienone is 2. The lowest BCUT2D eigenvalue weighted by atomic mass is 10.1. The van der Waals surface area contributed by atoms with E-state index in [0.717, 1.165) is 47.8 Å². The van der Waals surface area contributed by atoms with Crippen molar-refractivity contribution in [3.05, 3.63) is 52.2 Å². The van der Waals surface area contributed by atoms with Crippen LogP contribution < -0.4 is 0 Å². The van der Waals surface area contributed by atoms with E-state index >= 15 is 0 Å². The van der Waals surface area contributed by atoms with Crippen LogP contribution in [0.1, 0.15) is 37.4 Å². The predicted octanol–water partition coefficient (Wildman–Crippen LogP) is 4.84. The fourth-order valence-electron chi connectivity index (χ4n) is 3.24. The minimum Gasteiger partial charge on any atom is -0.481 e. The van der Waals surface area contributed by atoms with Gasteiger partial charge in [-0.3, -0.25) is 9.79 Å². The molecule has 0 fully saturated rings. The number of aromatic amines is 1. The highest BCUT2D eigenvalue weighted by atomic mass is 32.1. The number of thiophene rings is 1. The largest absolute Gasteiger partial charge is 0.481 e. The number of carbonyl (C=O) groups is 1. The smallest absolute Gasteiger partial charge is 0.303 e. The third kappa shape index (κ3) is 5.30. The van der Waals surface area contributed by atoms with Crippen molar-refractivity contribution in [3.63, 3.8) is 0 Å². The van der Waals surface area contributed by atoms with Crippen LogP contribution in [0, 0.1) is 0 Å². The Balaban J connectivity index is 1.86. The highest BCUT2D eigenvalue weighted by Crippen LogP contribution is 2.30. The summed E-state index contributed by atoms with van der Waals surface area (Å²) in [6.45, 7) is 3.07. The molecule has 0 bridgehead atoms. The number of nitrogens with one attached hydrogen (secondary N) is 1. The molecule has 3 rings (SSSR count). The fourth-order valence-corrected chi connectivity index (χ4v) is 3.94. The van der Waals surface area contributed by atoms with Gasteiger partial charge in [0, 0.05) is 17.8 Å². The first-order chi connectivity index (χ1) is 13.4. The average molecular weight is 398 g/mol. The first kappa shape index (κ1) is 20.3. The topological polar surface area (TPSA) is 68.7 Å². The number of hydrogen-bond donors (Lipinski definition) is 2. The van der Waals surface area contributed by atoms with Crippen LogP contribution in [0.3, 0.4) is 0 Å². The van der Waals surface area contributed by atoms with E-state index < -0.39 is 5.97 Å². The van der Waals surface area contributed by atoms with Gasteiger partial charge in [-0.15, -0.1) is 11.3 Å². The van der Waals surface area contributed by atoms with Gasteiger partial charge in [0.1, 0.15) is 0 Å². The third-order valence-electron chi connectivity index (χ3n) is 4.70. The van der Waals surface area contributed by atoms with Gasteiger partial charge in [0.15, 0.2) is 0 Å². The summed E-state index contributed by atoms with van der Waals surface area (Å²) in [6, 6.07) is 6.43. The normalized spacial score (nSPS) is 15.4. The van der Waals surface area contributed by atoms with Crippen molar-refractivity contribution in [2.45, 2.75) is 32.6 Å². The van der Waals surface area contributed by atoms with Crippen LogP contribution in [0.25, 0.3) is 16.6 Å². The van der Waals surface area contributed by atoms with Gasteiger partial charge in [0.25, 0.3) is 0 Å². The SMILES string of the molecule is CC1=CC(CCC(=O)O)=N/C1=C\c1[nH]c(-c2cccs2)cc1CCCN(C)C. The predicted molar refractivity (Wildman–Crippen MR) is 117 cm³/mol. The van der Waals surface area contributed by atoms with Crippen LogP contribution in [-0.2, 0) is 11.2 Å². The van der Waals surface area contributed by atoms with E-state index in [1.807, 2.05) is 13.0 Å². The van der Waals surface area contributed by atoms with Crippen molar-refractivity contribution in [2.24, 2.45) is 4.99 Å². The van der Waals surface area contributed by atoms with Gasteiger partial charge in [-0.25, -0.2) is 0 Å². The molecule has 0 unspecified atom stereocenters. The Morgan fingerprint density at radius 2 is 2.18 bits per heavy atom. The standard InChI is InChI=1S/C22H27N3O2S/c1-15-12-17(8-9-22(26)27)23-18(15)14-19-16(6-4-10-25(2)3)13-20(24-19)21-7-5-11-28-21/h5,7,11-14,24H,4,6,8-10H2,1-3H3,(H,26,27)/b18-14-. The minimum absolute atomic E-state index is 0.108. The van der Waals surface area contributed by atoms with Crippen LogP contribution >= 0.6 is 11.3 Å². The lowest BCUT2D eigenvalue weighted by molar-refractivity contribution is -0.136. The zero-order valence-electron chi connectivity index (χ0n) is 16.7. The van der Waals surface area contributed by atoms with Gasteiger partial charge < -0.3 is 15.0 Å². The zero-order chi connectivity index (χ0) is 20.1. The van der Waals surface area contributed by atoms with Gasteiger partial charge in [-0.1, -0.05) is 6.07 Å². The van der Waals surface area contributed by atoms with Crippen LogP contribution in [0.15, 0.2) is 45.9 Å². The zero-order valence-corrected chi connectivity index (χ0v) is 17.5. The summed E-state index contributed by atoms with van der Waals surface area (Å²) < 4.78 is 0. The van der Waals surface area contributed by atoms with E-state index in [0.29, 0.717) is 6.42 Å². The molecule has 2 aromatic rings. The first-order valence-corrected chi connectivity index (χ1v) is 10.4. The van der Waals surface area contributed by atoms with Gasteiger partial charge in [-0.05, 0) is 81.2 Å². The summed E-state index contributed by atoms with van der Waals surface area (Å²) >= 11 is 1.73. The Labute approximate surface area is 170 Å². The number of aliphatic carboxylic acids is 1. The number of aliphatic imine (C=N–C) groups is 1. The molecule has 3 heterocycles. The second-order valence-corrected chi connectivity index (χ2v) is 8.31. The Hall–Kier alpha value is -2.44. The van der Waals surface area contributed by atoms with Crippen molar-refractivity contribution >= 4 is 29.1 Å². The van der Waals surface area contributed by atoms with Crippen molar-refractivity contribution in [1.82, 2.24) is 9.88 Å². The number of carboxylic acid groups (broad SMARTS) is 1. The molecule has 0 saturated heterocycles. The summed E-state index contributed by atoms with van der Waals surface area (Å²) in [5.41, 5.74) is 6.34. The highest BCUT2D eigenvalue weighted by Gasteiger charge is 2.15. The van der Waals surface area contributed by atoms with Crippen molar-refractivity contribution < 1.29 is 9.90 Å². The molecule has 6 heteroatoms. The monoisotopic (exact) mass is 397 g/mol. The number of H-pyrrole nitrogens is 1. The fraction of sp³-hybridized carbons (Fsp3) is 0.364. The maximum absolute atomic E-state index is 10.8. The molecule has 0 amide bonds. The molecule has 2 N–H and O–H groups in total. The van der Waals surface area contributed by atoms with Crippen LogP contribution in [-0.4, -0.2) is 47.3 Å². The number of nitrogens with zero attached hydrogens (tertiary/aromatic N) is 2. The van der Waals surface area contributed by atoms with Gasteiger partial charge in [-0.2, -0.15) is 0 Å². The van der Waals surface area contributed by atoms with Gasteiger partial charge >= 0.3 is 5.97 Å². The van der Waals surface area contributed by atoms with Gasteiger partial charge in [0.2, 0.25) is 0 Å². The van der Waals surface area contributed by atoms with Crippen LogP contribution in [0.2, 0.25) is 0 Å². The number of rotatable bonds is 9. The first-order valence-electron chi connectivity index (χ1n) is 9.52. The van der Waals surface area contributed by atoms with Crippen molar-refractivity contribution in [2.75, 3.05) is 20.6 Å². The third-order valence-corrected chi connectivity index (χ3v) is 5.60. The average Bonchev–Trinajstić information content (AvgIpc) is 3.34. The van der Waals surface area contributed by atoms with E-state index in [1.165, 1.54) is 10.4 Å². The highest BCUT2D eigenvalue weighted by molar-refractivity contribution is 7.13. The molecule has 1 aliphatic heterocycles. The van der Waals surface area contributed by atoms with Crippen LogP contribution in [0.5, 0.6) is 0 Å². The molecule has 0 radical (unpaired) electrons. The Bertz CT molecular complexity index is 918. The number of carboxylic acids is 1. The summed E-state index contributed by atoms with van der Waals surface area (Å²) in [7, 11) is 4.19. The Kier molecular flexibility index (Phi) is 6.65. The maximum atomic E-state index is 10.8. The number of aryl methyl sites for hydroxylation is 1. The molecular weight excluding hydrogens is 370 g/mol. The Morgan fingerprint density at radius 1 is 1.36 bits per heavy atom. The minimum atomic E-state index is -0.792. The number of aromatic nitrogens is 1. The van der Waals surface area contributed by atoms with Gasteiger partial charge in [0.05, 0.1) is 22.7 Å². The molecule has 5 nitrogen and oxygen atoms in total. The maximum Gasteiger partial charge on any atom is 0.303 e. The lowest BCUT2D eigenvalue weighted by Crippen LogP contribution is -2.13. The molecule has 28 heavy (non-hydrogen) atoms. The van der Waals surface area contributed by atoms with E-state index in [9.17, 15) is 4.79 Å². The van der Waals surface area contributed by atoms with E-state index in [4.69, 9.17) is 5.11 Å². The van der Waals surface area contributed by atoms with Crippen molar-refractivity contribution in [1.29, 1.82) is 0 Å². The molecule has 1 aliphatic rings. The summed E-state index contributed by atoms with van der Waals surface area (Å²) in [5, 5.41) is 11.0. The molecule has 0 saturated carbocycles. The van der Waals surface area contributed by atoms with E-state index in [2.05, 4.69) is 58.6 Å². The summed E-state index contributed by atoms with van der Waals surface area (Å²) in [4.78, 5) is 22.5. The molecule has 0 spiro atoms. The molecular formula is C22H27N3O2S. The molecule has 148 valence electrons.